The first-order valence-electron chi connectivity index (χ1n) is 12.4. The Labute approximate surface area is 211 Å². The van der Waals surface area contributed by atoms with Crippen molar-refractivity contribution in [3.05, 3.63) is 77.9 Å². The number of hydrogen-bond acceptors (Lipinski definition) is 5. The molecule has 0 saturated heterocycles. The molecular formula is C28H33N5O3. The minimum atomic E-state index is -0.700. The number of fused-ring (bicyclic) bond motifs is 1. The van der Waals surface area contributed by atoms with Crippen molar-refractivity contribution in [2.75, 3.05) is 13.2 Å². The van der Waals surface area contributed by atoms with Crippen molar-refractivity contribution in [1.82, 2.24) is 10.6 Å². The van der Waals surface area contributed by atoms with Crippen LogP contribution in [0.5, 0.6) is 5.75 Å². The lowest BCUT2D eigenvalue weighted by Crippen LogP contribution is -2.50. The monoisotopic (exact) mass is 487 g/mol. The van der Waals surface area contributed by atoms with Gasteiger partial charge < -0.3 is 21.2 Å². The predicted molar refractivity (Wildman–Crippen MR) is 139 cm³/mol. The summed E-state index contributed by atoms with van der Waals surface area (Å²) in [5.41, 5.74) is 1.89. The summed E-state index contributed by atoms with van der Waals surface area (Å²) in [6.45, 7) is 0.862. The van der Waals surface area contributed by atoms with Crippen LogP contribution in [0, 0.1) is 5.92 Å². The molecular weight excluding hydrogens is 454 g/mol. The van der Waals surface area contributed by atoms with E-state index in [0.29, 0.717) is 31.2 Å². The van der Waals surface area contributed by atoms with Gasteiger partial charge in [0.25, 0.3) is 5.91 Å². The van der Waals surface area contributed by atoms with E-state index < -0.39 is 6.04 Å². The number of nitrogens with two attached hydrogens (primary N) is 1. The Balaban J connectivity index is 1.37. The number of carbonyl (C=O) groups is 2. The first-order valence-corrected chi connectivity index (χ1v) is 12.4. The zero-order valence-corrected chi connectivity index (χ0v) is 20.4. The zero-order chi connectivity index (χ0) is 25.2. The van der Waals surface area contributed by atoms with Gasteiger partial charge in [-0.2, -0.15) is 5.11 Å². The van der Waals surface area contributed by atoms with Gasteiger partial charge in [0.05, 0.1) is 6.54 Å². The molecule has 1 aliphatic rings. The fourth-order valence-electron chi connectivity index (χ4n) is 4.57. The summed E-state index contributed by atoms with van der Waals surface area (Å²) in [5.74, 6) is 5.67. The van der Waals surface area contributed by atoms with E-state index in [4.69, 9.17) is 10.6 Å². The summed E-state index contributed by atoms with van der Waals surface area (Å²) in [7, 11) is 0. The first kappa shape index (κ1) is 25.2. The lowest BCUT2D eigenvalue weighted by molar-refractivity contribution is -0.130. The smallest absolute Gasteiger partial charge is 0.258 e. The molecule has 4 N–H and O–H groups in total. The van der Waals surface area contributed by atoms with Crippen molar-refractivity contribution < 1.29 is 14.3 Å². The van der Waals surface area contributed by atoms with Crippen LogP contribution in [-0.4, -0.2) is 31.0 Å². The van der Waals surface area contributed by atoms with Crippen LogP contribution in [0.15, 0.2) is 77.1 Å². The fraction of sp³-hybridized carbons (Fsp3) is 0.357. The van der Waals surface area contributed by atoms with Crippen LogP contribution >= 0.6 is 0 Å². The number of nitrogens with zero attached hydrogens (tertiary/aromatic N) is 2. The molecule has 36 heavy (non-hydrogen) atoms. The van der Waals surface area contributed by atoms with Crippen molar-refractivity contribution in [2.45, 2.75) is 44.7 Å². The average Bonchev–Trinajstić information content (AvgIpc) is 3.43. The van der Waals surface area contributed by atoms with Gasteiger partial charge in [-0.3, -0.25) is 9.59 Å². The van der Waals surface area contributed by atoms with Crippen molar-refractivity contribution >= 4 is 22.6 Å². The molecule has 1 atom stereocenters. The van der Waals surface area contributed by atoms with Crippen LogP contribution in [0.25, 0.3) is 10.8 Å². The van der Waals surface area contributed by atoms with Crippen LogP contribution in [0.4, 0.5) is 0 Å². The summed E-state index contributed by atoms with van der Waals surface area (Å²) in [6.07, 6.45) is 5.07. The SMILES string of the molecule is NN=NCc1ccc(C[C@H](NC(=O)COc2ccc3ccccc3c2)C(=O)NCC2CCCC2)cc1. The lowest BCUT2D eigenvalue weighted by atomic mass is 10.0. The Morgan fingerprint density at radius 2 is 1.69 bits per heavy atom. The summed E-state index contributed by atoms with van der Waals surface area (Å²) < 4.78 is 5.73. The maximum Gasteiger partial charge on any atom is 0.258 e. The Hall–Kier alpha value is -3.94. The molecule has 8 heteroatoms. The number of rotatable bonds is 11. The number of amides is 2. The van der Waals surface area contributed by atoms with E-state index >= 15 is 0 Å². The molecule has 0 unspecified atom stereocenters. The van der Waals surface area contributed by atoms with Gasteiger partial charge >= 0.3 is 0 Å². The van der Waals surface area contributed by atoms with Gasteiger partial charge in [-0.05, 0) is 52.8 Å². The largest absolute Gasteiger partial charge is 0.484 e. The van der Waals surface area contributed by atoms with Gasteiger partial charge in [0.1, 0.15) is 11.8 Å². The van der Waals surface area contributed by atoms with Gasteiger partial charge in [0, 0.05) is 13.0 Å². The minimum Gasteiger partial charge on any atom is -0.484 e. The normalized spacial score (nSPS) is 14.7. The maximum atomic E-state index is 13.1. The molecule has 3 aromatic rings. The second-order valence-corrected chi connectivity index (χ2v) is 9.25. The van der Waals surface area contributed by atoms with Crippen molar-refractivity contribution in [2.24, 2.45) is 22.1 Å². The average molecular weight is 488 g/mol. The summed E-state index contributed by atoms with van der Waals surface area (Å²) in [5, 5.41) is 15.1. The van der Waals surface area contributed by atoms with E-state index in [0.717, 1.165) is 34.7 Å². The molecule has 188 valence electrons. The Kier molecular flexibility index (Phi) is 8.86. The highest BCUT2D eigenvalue weighted by Gasteiger charge is 2.23. The second kappa shape index (κ2) is 12.7. The van der Waals surface area contributed by atoms with Crippen molar-refractivity contribution in [3.8, 4) is 5.75 Å². The van der Waals surface area contributed by atoms with Crippen LogP contribution in [0.2, 0.25) is 0 Å². The van der Waals surface area contributed by atoms with E-state index in [1.54, 1.807) is 0 Å². The first-order chi connectivity index (χ1) is 17.6. The third-order valence-corrected chi connectivity index (χ3v) is 6.58. The standard InChI is InChI=1S/C28H33N5O3/c29-33-31-18-22-11-9-20(10-12-22)15-26(28(35)30-17-21-5-1-2-6-21)32-27(34)19-36-25-14-13-23-7-3-4-8-24(23)16-25/h3-4,7-14,16,21,26H,1-2,5-6,15,17-19H2,(H2,29,31)(H,30,35)(H,32,34)/t26-/m0/s1. The highest BCUT2D eigenvalue weighted by molar-refractivity contribution is 5.88. The van der Waals surface area contributed by atoms with Crippen LogP contribution in [0.1, 0.15) is 36.8 Å². The molecule has 0 spiro atoms. The molecule has 2 amide bonds. The van der Waals surface area contributed by atoms with Gasteiger partial charge in [-0.25, -0.2) is 0 Å². The molecule has 1 saturated carbocycles. The Morgan fingerprint density at radius 1 is 0.972 bits per heavy atom. The fourth-order valence-corrected chi connectivity index (χ4v) is 4.57. The van der Waals surface area contributed by atoms with Crippen molar-refractivity contribution in [1.29, 1.82) is 0 Å². The predicted octanol–water partition coefficient (Wildman–Crippen LogP) is 4.08. The van der Waals surface area contributed by atoms with Crippen molar-refractivity contribution in [3.63, 3.8) is 0 Å². The molecule has 3 aromatic carbocycles. The second-order valence-electron chi connectivity index (χ2n) is 9.25. The van der Waals surface area contributed by atoms with Gasteiger partial charge in [0.2, 0.25) is 5.91 Å². The Bertz CT molecular complexity index is 1190. The van der Waals surface area contributed by atoms with Crippen LogP contribution in [-0.2, 0) is 22.6 Å². The van der Waals surface area contributed by atoms with E-state index in [1.807, 2.05) is 66.7 Å². The number of ether oxygens (including phenoxy) is 1. The molecule has 8 nitrogen and oxygen atoms in total. The number of carbonyl (C=O) groups excluding carboxylic acids is 2. The van der Waals surface area contributed by atoms with Gasteiger partial charge in [0.15, 0.2) is 6.61 Å². The molecule has 1 fully saturated rings. The molecule has 0 heterocycles. The highest BCUT2D eigenvalue weighted by Crippen LogP contribution is 2.24. The number of nitrogens with one attached hydrogen (secondary N) is 2. The molecule has 0 bridgehead atoms. The lowest BCUT2D eigenvalue weighted by Gasteiger charge is -2.20. The topological polar surface area (TPSA) is 118 Å². The summed E-state index contributed by atoms with van der Waals surface area (Å²) in [6, 6.07) is 20.7. The highest BCUT2D eigenvalue weighted by atomic mass is 16.5. The molecule has 0 aromatic heterocycles. The van der Waals surface area contributed by atoms with Crippen LogP contribution in [0.3, 0.4) is 0 Å². The third-order valence-electron chi connectivity index (χ3n) is 6.58. The summed E-state index contributed by atoms with van der Waals surface area (Å²) >= 11 is 0. The van der Waals surface area contributed by atoms with E-state index in [-0.39, 0.29) is 18.4 Å². The molecule has 0 radical (unpaired) electrons. The quantitative estimate of drug-likeness (QED) is 0.215. The zero-order valence-electron chi connectivity index (χ0n) is 20.4. The third kappa shape index (κ3) is 7.28. The molecule has 4 rings (SSSR count). The number of hydrogen-bond donors (Lipinski definition) is 3. The van der Waals surface area contributed by atoms with E-state index in [2.05, 4.69) is 21.0 Å². The Morgan fingerprint density at radius 3 is 2.44 bits per heavy atom. The minimum absolute atomic E-state index is 0.173. The number of benzene rings is 3. The van der Waals surface area contributed by atoms with E-state index in [1.165, 1.54) is 12.8 Å². The van der Waals surface area contributed by atoms with Gasteiger partial charge in [-0.1, -0.05) is 72.7 Å². The summed E-state index contributed by atoms with van der Waals surface area (Å²) in [4.78, 5) is 25.8. The van der Waals surface area contributed by atoms with Crippen LogP contribution < -0.4 is 21.2 Å². The van der Waals surface area contributed by atoms with Gasteiger partial charge in [-0.15, -0.1) is 0 Å². The molecule has 1 aliphatic carbocycles. The molecule has 0 aliphatic heterocycles. The maximum absolute atomic E-state index is 13.1. The van der Waals surface area contributed by atoms with E-state index in [9.17, 15) is 9.59 Å².